The van der Waals surface area contributed by atoms with E-state index in [0.29, 0.717) is 11.5 Å². The Kier molecular flexibility index (Phi) is 3.35. The van der Waals surface area contributed by atoms with E-state index in [4.69, 9.17) is 4.52 Å². The number of benzene rings is 2. The minimum absolute atomic E-state index is 0.0857. The van der Waals surface area contributed by atoms with Gasteiger partial charge in [-0.15, -0.1) is 0 Å². The van der Waals surface area contributed by atoms with Gasteiger partial charge >= 0.3 is 6.03 Å². The van der Waals surface area contributed by atoms with Gasteiger partial charge in [0.1, 0.15) is 17.0 Å². The quantitative estimate of drug-likeness (QED) is 0.746. The molecule has 0 bridgehead atoms. The second kappa shape index (κ2) is 5.44. The van der Waals surface area contributed by atoms with Gasteiger partial charge in [0, 0.05) is 6.07 Å². The summed E-state index contributed by atoms with van der Waals surface area (Å²) in [6.07, 6.45) is 0. The molecule has 1 N–H and O–H groups in total. The first kappa shape index (κ1) is 15.4. The number of carbonyl (C=O) groups excluding carboxylic acids is 2. The maximum absolute atomic E-state index is 13.1. The highest BCUT2D eigenvalue weighted by molar-refractivity contribution is 6.09. The van der Waals surface area contributed by atoms with Crippen LogP contribution in [0.2, 0.25) is 0 Å². The van der Waals surface area contributed by atoms with E-state index >= 15 is 0 Å². The van der Waals surface area contributed by atoms with E-state index in [0.717, 1.165) is 16.3 Å². The number of nitrogens with one attached hydrogen (secondary N) is 1. The van der Waals surface area contributed by atoms with Crippen LogP contribution in [0.3, 0.4) is 0 Å². The molecule has 3 amide bonds. The molecule has 1 aromatic heterocycles. The van der Waals surface area contributed by atoms with Gasteiger partial charge in [0.2, 0.25) is 0 Å². The van der Waals surface area contributed by atoms with Crippen molar-refractivity contribution in [3.05, 3.63) is 65.5 Å². The minimum Gasteiger partial charge on any atom is -0.361 e. The Morgan fingerprint density at radius 2 is 1.92 bits per heavy atom. The summed E-state index contributed by atoms with van der Waals surface area (Å²) < 4.78 is 5.02. The molecule has 1 aliphatic heterocycles. The van der Waals surface area contributed by atoms with Crippen LogP contribution in [0.15, 0.2) is 53.1 Å². The Morgan fingerprint density at radius 1 is 1.16 bits per heavy atom. The highest BCUT2D eigenvalue weighted by Crippen LogP contribution is 2.34. The monoisotopic (exact) mass is 335 g/mol. The van der Waals surface area contributed by atoms with E-state index in [2.05, 4.69) is 10.5 Å². The molecule has 4 rings (SSSR count). The fraction of sp³-hybridized carbons (Fsp3) is 0.211. The average molecular weight is 335 g/mol. The van der Waals surface area contributed by atoms with E-state index < -0.39 is 11.6 Å². The highest BCUT2D eigenvalue weighted by atomic mass is 16.5. The van der Waals surface area contributed by atoms with Crippen molar-refractivity contribution >= 4 is 22.7 Å². The van der Waals surface area contributed by atoms with Gasteiger partial charge < -0.3 is 9.84 Å². The highest BCUT2D eigenvalue weighted by Gasteiger charge is 2.49. The van der Waals surface area contributed by atoms with Crippen molar-refractivity contribution in [2.75, 3.05) is 0 Å². The lowest BCUT2D eigenvalue weighted by atomic mass is 9.88. The zero-order valence-electron chi connectivity index (χ0n) is 13.9. The predicted molar refractivity (Wildman–Crippen MR) is 91.6 cm³/mol. The van der Waals surface area contributed by atoms with Gasteiger partial charge in [0.15, 0.2) is 0 Å². The number of fused-ring (bicyclic) bond motifs is 1. The predicted octanol–water partition coefficient (Wildman–Crippen LogP) is 3.10. The number of carbonyl (C=O) groups is 2. The molecule has 126 valence electrons. The molecule has 0 aliphatic carbocycles. The van der Waals surface area contributed by atoms with Crippen LogP contribution in [-0.2, 0) is 16.9 Å². The Labute approximate surface area is 144 Å². The molecule has 6 nitrogen and oxygen atoms in total. The summed E-state index contributed by atoms with van der Waals surface area (Å²) in [5, 5.41) is 8.68. The molecule has 0 spiro atoms. The molecule has 0 radical (unpaired) electrons. The van der Waals surface area contributed by atoms with Crippen LogP contribution in [0.5, 0.6) is 0 Å². The fourth-order valence-corrected chi connectivity index (χ4v) is 3.34. The summed E-state index contributed by atoms with van der Waals surface area (Å²) in [6.45, 7) is 3.59. The largest absolute Gasteiger partial charge is 0.361 e. The summed E-state index contributed by atoms with van der Waals surface area (Å²) in [6, 6.07) is 14.9. The van der Waals surface area contributed by atoms with Crippen LogP contribution in [0.4, 0.5) is 4.79 Å². The normalized spacial score (nSPS) is 20.3. The third-order valence-corrected chi connectivity index (χ3v) is 4.60. The molecule has 2 heterocycles. The van der Waals surface area contributed by atoms with Crippen LogP contribution in [0, 0.1) is 6.92 Å². The van der Waals surface area contributed by atoms with E-state index in [1.807, 2.05) is 42.5 Å². The Bertz CT molecular complexity index is 989. The van der Waals surface area contributed by atoms with Gasteiger partial charge in [-0.25, -0.2) is 4.79 Å². The molecule has 1 fully saturated rings. The first-order valence-electron chi connectivity index (χ1n) is 8.03. The molecule has 25 heavy (non-hydrogen) atoms. The van der Waals surface area contributed by atoms with Crippen molar-refractivity contribution in [3.8, 4) is 0 Å². The van der Waals surface area contributed by atoms with Crippen molar-refractivity contribution in [1.82, 2.24) is 15.4 Å². The lowest BCUT2D eigenvalue weighted by Gasteiger charge is -2.23. The molecule has 1 saturated heterocycles. The van der Waals surface area contributed by atoms with Crippen molar-refractivity contribution in [2.24, 2.45) is 0 Å². The zero-order valence-corrected chi connectivity index (χ0v) is 13.9. The van der Waals surface area contributed by atoms with Crippen molar-refractivity contribution in [1.29, 1.82) is 0 Å². The molecule has 2 aromatic carbocycles. The maximum Gasteiger partial charge on any atom is 0.325 e. The molecule has 0 saturated carbocycles. The summed E-state index contributed by atoms with van der Waals surface area (Å²) in [5.41, 5.74) is 0.211. The van der Waals surface area contributed by atoms with E-state index in [1.165, 1.54) is 4.90 Å². The lowest BCUT2D eigenvalue weighted by molar-refractivity contribution is -0.131. The summed E-state index contributed by atoms with van der Waals surface area (Å²) in [5.74, 6) is 0.341. The van der Waals surface area contributed by atoms with Crippen LogP contribution >= 0.6 is 0 Å². The second-order valence-electron chi connectivity index (χ2n) is 6.40. The molecule has 1 aliphatic rings. The molecule has 0 unspecified atom stereocenters. The molecule has 1 atom stereocenters. The van der Waals surface area contributed by atoms with Gasteiger partial charge in [0.25, 0.3) is 5.91 Å². The summed E-state index contributed by atoms with van der Waals surface area (Å²) >= 11 is 0. The SMILES string of the molecule is Cc1cc(CN2C(=O)N[C@](C)(c3cccc4ccccc34)C2=O)no1. The van der Waals surface area contributed by atoms with Crippen LogP contribution in [-0.4, -0.2) is 22.0 Å². The smallest absolute Gasteiger partial charge is 0.325 e. The Balaban J connectivity index is 1.74. The number of aryl methyl sites for hydroxylation is 1. The first-order valence-corrected chi connectivity index (χ1v) is 8.03. The van der Waals surface area contributed by atoms with Gasteiger partial charge in [-0.2, -0.15) is 0 Å². The maximum atomic E-state index is 13.1. The first-order chi connectivity index (χ1) is 12.0. The van der Waals surface area contributed by atoms with E-state index in [-0.39, 0.29) is 12.5 Å². The number of hydrogen-bond acceptors (Lipinski definition) is 4. The topological polar surface area (TPSA) is 75.4 Å². The number of hydrogen-bond donors (Lipinski definition) is 1. The summed E-state index contributed by atoms with van der Waals surface area (Å²) in [4.78, 5) is 26.7. The number of urea groups is 1. The van der Waals surface area contributed by atoms with Gasteiger partial charge in [0.05, 0.1) is 6.54 Å². The van der Waals surface area contributed by atoms with Crippen LogP contribution in [0.1, 0.15) is 23.9 Å². The van der Waals surface area contributed by atoms with Crippen molar-refractivity contribution < 1.29 is 14.1 Å². The van der Waals surface area contributed by atoms with Gasteiger partial charge in [-0.1, -0.05) is 47.6 Å². The molecular weight excluding hydrogens is 318 g/mol. The standard InChI is InChI=1S/C19H17N3O3/c1-12-10-14(21-25-12)11-22-17(23)19(2,20-18(22)24)16-9-5-7-13-6-3-4-8-15(13)16/h3-10H,11H2,1-2H3,(H,20,24)/t19-/m1/s1. The van der Waals surface area contributed by atoms with Gasteiger partial charge in [-0.05, 0) is 30.2 Å². The molecular formula is C19H17N3O3. The number of rotatable bonds is 3. The lowest BCUT2D eigenvalue weighted by Crippen LogP contribution is -2.41. The molecule has 6 heteroatoms. The van der Waals surface area contributed by atoms with Crippen LogP contribution < -0.4 is 5.32 Å². The summed E-state index contributed by atoms with van der Waals surface area (Å²) in [7, 11) is 0. The zero-order chi connectivity index (χ0) is 17.6. The van der Waals surface area contributed by atoms with Crippen LogP contribution in [0.25, 0.3) is 10.8 Å². The minimum atomic E-state index is -1.11. The second-order valence-corrected chi connectivity index (χ2v) is 6.40. The van der Waals surface area contributed by atoms with E-state index in [1.54, 1.807) is 19.9 Å². The Hall–Kier alpha value is -3.15. The average Bonchev–Trinajstić information content (AvgIpc) is 3.11. The van der Waals surface area contributed by atoms with Crippen molar-refractivity contribution in [2.45, 2.75) is 25.9 Å². The van der Waals surface area contributed by atoms with Crippen molar-refractivity contribution in [3.63, 3.8) is 0 Å². The number of amides is 3. The third-order valence-electron chi connectivity index (χ3n) is 4.60. The molecule has 3 aromatic rings. The Morgan fingerprint density at radius 3 is 2.68 bits per heavy atom. The number of nitrogens with zero attached hydrogens (tertiary/aromatic N) is 2. The van der Waals surface area contributed by atoms with Gasteiger partial charge in [-0.3, -0.25) is 9.69 Å². The fourth-order valence-electron chi connectivity index (χ4n) is 3.34. The van der Waals surface area contributed by atoms with E-state index in [9.17, 15) is 9.59 Å². The third kappa shape index (κ3) is 2.38. The number of aromatic nitrogens is 1. The number of imide groups is 1.